The van der Waals surface area contributed by atoms with Gasteiger partial charge in [-0.1, -0.05) is 6.07 Å². The molecule has 1 saturated heterocycles. The SMILES string of the molecule is COc1cccc(F)c1C(=O)CCN1CCC(O)CC1. The van der Waals surface area contributed by atoms with E-state index in [9.17, 15) is 14.3 Å². The molecule has 1 aromatic carbocycles. The molecule has 110 valence electrons. The number of aliphatic hydroxyl groups is 1. The number of halogens is 1. The number of carbonyl (C=O) groups excluding carboxylic acids is 1. The first-order chi connectivity index (χ1) is 9.61. The number of methoxy groups -OCH3 is 1. The van der Waals surface area contributed by atoms with Crippen LogP contribution in [0.4, 0.5) is 4.39 Å². The lowest BCUT2D eigenvalue weighted by Crippen LogP contribution is -2.37. The highest BCUT2D eigenvalue weighted by Crippen LogP contribution is 2.23. The Kier molecular flexibility index (Phi) is 5.09. The number of carbonyl (C=O) groups is 1. The number of rotatable bonds is 5. The van der Waals surface area contributed by atoms with E-state index in [2.05, 4.69) is 4.90 Å². The first-order valence-corrected chi connectivity index (χ1v) is 6.88. The van der Waals surface area contributed by atoms with Crippen molar-refractivity contribution in [1.29, 1.82) is 0 Å². The van der Waals surface area contributed by atoms with Crippen molar-refractivity contribution in [3.8, 4) is 5.75 Å². The molecule has 0 atom stereocenters. The average Bonchev–Trinajstić information content (AvgIpc) is 2.46. The highest BCUT2D eigenvalue weighted by Gasteiger charge is 2.20. The van der Waals surface area contributed by atoms with E-state index in [-0.39, 0.29) is 29.6 Å². The summed E-state index contributed by atoms with van der Waals surface area (Å²) in [5.74, 6) is -0.501. The van der Waals surface area contributed by atoms with Crippen LogP contribution >= 0.6 is 0 Å². The number of ketones is 1. The molecular weight excluding hydrogens is 261 g/mol. The zero-order chi connectivity index (χ0) is 14.5. The maximum atomic E-state index is 13.8. The Morgan fingerprint density at radius 3 is 2.80 bits per heavy atom. The molecule has 2 rings (SSSR count). The largest absolute Gasteiger partial charge is 0.496 e. The minimum atomic E-state index is -0.539. The number of nitrogens with zero attached hydrogens (tertiary/aromatic N) is 1. The highest BCUT2D eigenvalue weighted by atomic mass is 19.1. The molecule has 0 bridgehead atoms. The standard InChI is InChI=1S/C15H20FNO3/c1-20-14-4-2-3-12(16)15(14)13(19)7-10-17-8-5-11(18)6-9-17/h2-4,11,18H,5-10H2,1H3. The van der Waals surface area contributed by atoms with E-state index in [0.717, 1.165) is 25.9 Å². The second kappa shape index (κ2) is 6.81. The summed E-state index contributed by atoms with van der Waals surface area (Å²) in [6, 6.07) is 4.39. The van der Waals surface area contributed by atoms with E-state index in [0.29, 0.717) is 6.54 Å². The van der Waals surface area contributed by atoms with Crippen LogP contribution in [0.1, 0.15) is 29.6 Å². The molecule has 4 nitrogen and oxygen atoms in total. The maximum absolute atomic E-state index is 13.8. The van der Waals surface area contributed by atoms with Gasteiger partial charge >= 0.3 is 0 Å². The first-order valence-electron chi connectivity index (χ1n) is 6.88. The van der Waals surface area contributed by atoms with E-state index < -0.39 is 5.82 Å². The van der Waals surface area contributed by atoms with E-state index >= 15 is 0 Å². The molecule has 5 heteroatoms. The van der Waals surface area contributed by atoms with E-state index in [1.807, 2.05) is 0 Å². The van der Waals surface area contributed by atoms with Gasteiger partial charge in [-0.05, 0) is 25.0 Å². The number of ether oxygens (including phenoxy) is 1. The fourth-order valence-corrected chi connectivity index (χ4v) is 2.47. The summed E-state index contributed by atoms with van der Waals surface area (Å²) < 4.78 is 18.8. The van der Waals surface area contributed by atoms with E-state index in [1.165, 1.54) is 19.2 Å². The Balaban J connectivity index is 1.95. The molecule has 1 fully saturated rings. The summed E-state index contributed by atoms with van der Waals surface area (Å²) in [5.41, 5.74) is 0.0343. The summed E-state index contributed by atoms with van der Waals surface area (Å²) in [5, 5.41) is 9.43. The van der Waals surface area contributed by atoms with Gasteiger partial charge in [0.25, 0.3) is 0 Å². The van der Waals surface area contributed by atoms with Crippen LogP contribution in [0.2, 0.25) is 0 Å². The van der Waals surface area contributed by atoms with E-state index in [1.54, 1.807) is 6.07 Å². The lowest BCUT2D eigenvalue weighted by atomic mass is 10.0. The molecule has 1 N–H and O–H groups in total. The number of likely N-dealkylation sites (tertiary alicyclic amines) is 1. The number of Topliss-reactive ketones (excluding diaryl/α,β-unsaturated/α-hetero) is 1. The second-order valence-electron chi connectivity index (χ2n) is 5.06. The van der Waals surface area contributed by atoms with Crippen LogP contribution in [0.3, 0.4) is 0 Å². The Morgan fingerprint density at radius 1 is 1.45 bits per heavy atom. The number of piperidine rings is 1. The molecule has 1 aromatic rings. The fourth-order valence-electron chi connectivity index (χ4n) is 2.47. The molecule has 0 unspecified atom stereocenters. The van der Waals surface area contributed by atoms with Crippen LogP contribution in [0.15, 0.2) is 18.2 Å². The summed E-state index contributed by atoms with van der Waals surface area (Å²) >= 11 is 0. The number of aliphatic hydroxyl groups excluding tert-OH is 1. The Morgan fingerprint density at radius 2 is 2.15 bits per heavy atom. The summed E-state index contributed by atoms with van der Waals surface area (Å²) in [6.45, 7) is 2.15. The smallest absolute Gasteiger partial charge is 0.170 e. The van der Waals surface area contributed by atoms with Crippen molar-refractivity contribution in [2.45, 2.75) is 25.4 Å². The predicted molar refractivity (Wildman–Crippen MR) is 73.6 cm³/mol. The summed E-state index contributed by atoms with van der Waals surface area (Å²) in [7, 11) is 1.43. The summed E-state index contributed by atoms with van der Waals surface area (Å²) in [4.78, 5) is 14.3. The lowest BCUT2D eigenvalue weighted by Gasteiger charge is -2.29. The van der Waals surface area contributed by atoms with Gasteiger partial charge < -0.3 is 14.7 Å². The monoisotopic (exact) mass is 281 g/mol. The second-order valence-corrected chi connectivity index (χ2v) is 5.06. The van der Waals surface area contributed by atoms with Crippen molar-refractivity contribution in [3.63, 3.8) is 0 Å². The maximum Gasteiger partial charge on any atom is 0.170 e. The fraction of sp³-hybridized carbons (Fsp3) is 0.533. The number of benzene rings is 1. The zero-order valence-electron chi connectivity index (χ0n) is 11.6. The molecule has 1 heterocycles. The van der Waals surface area contributed by atoms with Crippen LogP contribution in [0.25, 0.3) is 0 Å². The highest BCUT2D eigenvalue weighted by molar-refractivity contribution is 5.99. The Labute approximate surface area is 118 Å². The van der Waals surface area contributed by atoms with Gasteiger partial charge in [-0.15, -0.1) is 0 Å². The van der Waals surface area contributed by atoms with Gasteiger partial charge in [-0.25, -0.2) is 4.39 Å². The quantitative estimate of drug-likeness (QED) is 0.837. The zero-order valence-corrected chi connectivity index (χ0v) is 11.6. The molecule has 0 spiro atoms. The van der Waals surface area contributed by atoms with Crippen molar-refractivity contribution in [2.75, 3.05) is 26.7 Å². The molecule has 0 radical (unpaired) electrons. The third kappa shape index (κ3) is 3.55. The molecule has 20 heavy (non-hydrogen) atoms. The van der Waals surface area contributed by atoms with Crippen molar-refractivity contribution < 1.29 is 19.0 Å². The lowest BCUT2D eigenvalue weighted by molar-refractivity contribution is 0.0776. The van der Waals surface area contributed by atoms with Gasteiger partial charge in [0, 0.05) is 26.1 Å². The molecular formula is C15H20FNO3. The molecule has 0 aliphatic carbocycles. The van der Waals surface area contributed by atoms with Crippen LogP contribution in [0, 0.1) is 5.82 Å². The van der Waals surface area contributed by atoms with Gasteiger partial charge in [0.1, 0.15) is 11.6 Å². The molecule has 0 saturated carbocycles. The van der Waals surface area contributed by atoms with Crippen molar-refractivity contribution in [3.05, 3.63) is 29.6 Å². The van der Waals surface area contributed by atoms with Gasteiger partial charge in [0.2, 0.25) is 0 Å². The molecule has 1 aliphatic heterocycles. The third-order valence-electron chi connectivity index (χ3n) is 3.69. The Bertz CT molecular complexity index is 470. The van der Waals surface area contributed by atoms with Gasteiger partial charge in [-0.3, -0.25) is 4.79 Å². The van der Waals surface area contributed by atoms with Gasteiger partial charge in [0.15, 0.2) is 5.78 Å². The van der Waals surface area contributed by atoms with Crippen LogP contribution in [0.5, 0.6) is 5.75 Å². The van der Waals surface area contributed by atoms with Gasteiger partial charge in [-0.2, -0.15) is 0 Å². The molecule has 0 aromatic heterocycles. The third-order valence-corrected chi connectivity index (χ3v) is 3.69. The minimum absolute atomic E-state index is 0.0343. The van der Waals surface area contributed by atoms with Crippen LogP contribution in [-0.4, -0.2) is 48.6 Å². The summed E-state index contributed by atoms with van der Waals surface area (Å²) in [6.07, 6.45) is 1.50. The van der Waals surface area contributed by atoms with Crippen molar-refractivity contribution in [2.24, 2.45) is 0 Å². The normalized spacial score (nSPS) is 17.1. The Hall–Kier alpha value is -1.46. The minimum Gasteiger partial charge on any atom is -0.496 e. The van der Waals surface area contributed by atoms with E-state index in [4.69, 9.17) is 4.74 Å². The van der Waals surface area contributed by atoms with Crippen LogP contribution in [-0.2, 0) is 0 Å². The number of hydrogen-bond acceptors (Lipinski definition) is 4. The molecule has 0 amide bonds. The topological polar surface area (TPSA) is 49.8 Å². The predicted octanol–water partition coefficient (Wildman–Crippen LogP) is 1.86. The van der Waals surface area contributed by atoms with Gasteiger partial charge in [0.05, 0.1) is 18.8 Å². The van der Waals surface area contributed by atoms with Crippen molar-refractivity contribution >= 4 is 5.78 Å². The molecule has 1 aliphatic rings. The number of hydrogen-bond donors (Lipinski definition) is 1. The first kappa shape index (κ1) is 14.9. The van der Waals surface area contributed by atoms with Crippen LogP contribution < -0.4 is 4.74 Å². The average molecular weight is 281 g/mol. The van der Waals surface area contributed by atoms with Crippen molar-refractivity contribution in [1.82, 2.24) is 4.90 Å².